The van der Waals surface area contributed by atoms with Gasteiger partial charge in [-0.2, -0.15) is 0 Å². The van der Waals surface area contributed by atoms with Crippen LogP contribution in [0, 0.1) is 0 Å². The minimum Gasteiger partial charge on any atom is -0.381 e. The normalized spacial score (nSPS) is 25.2. The second kappa shape index (κ2) is 6.38. The van der Waals surface area contributed by atoms with Crippen molar-refractivity contribution < 1.29 is 9.53 Å². The van der Waals surface area contributed by atoms with Crippen molar-refractivity contribution in [1.29, 1.82) is 0 Å². The number of rotatable bonds is 3. The molecule has 0 radical (unpaired) electrons. The van der Waals surface area contributed by atoms with Gasteiger partial charge in [0.2, 0.25) is 5.91 Å². The zero-order valence-corrected chi connectivity index (χ0v) is 13.3. The van der Waals surface area contributed by atoms with Crippen molar-refractivity contribution in [2.45, 2.75) is 50.6 Å². The molecule has 0 spiro atoms. The van der Waals surface area contributed by atoms with E-state index in [9.17, 15) is 4.79 Å². The number of carbonyl (C=O) groups excluding carboxylic acids is 1. The summed E-state index contributed by atoms with van der Waals surface area (Å²) in [7, 11) is 0. The summed E-state index contributed by atoms with van der Waals surface area (Å²) >= 11 is 0. The molecule has 3 rings (SSSR count). The molecule has 3 heterocycles. The Morgan fingerprint density at radius 2 is 2.27 bits per heavy atom. The summed E-state index contributed by atoms with van der Waals surface area (Å²) in [6.45, 7) is 4.83. The van der Waals surface area contributed by atoms with Gasteiger partial charge in [0, 0.05) is 45.1 Å². The molecule has 1 atom stereocenters. The van der Waals surface area contributed by atoms with Gasteiger partial charge in [0.15, 0.2) is 0 Å². The maximum absolute atomic E-state index is 12.9. The average Bonchev–Trinajstić information content (AvgIpc) is 3.03. The van der Waals surface area contributed by atoms with Crippen LogP contribution in [0.4, 0.5) is 0 Å². The number of likely N-dealkylation sites (tertiary alicyclic amines) is 1. The zero-order valence-electron chi connectivity index (χ0n) is 13.3. The standard InChI is InChI=1S/C16H26N4O2/c1-2-14-18-7-9-20(14)13-4-3-8-19(12-13)15(21)16(17)5-10-22-11-6-16/h7,9,13H,2-6,8,10-12,17H2,1H3. The van der Waals surface area contributed by atoms with Gasteiger partial charge in [-0.1, -0.05) is 6.92 Å². The van der Waals surface area contributed by atoms with Crippen LogP contribution in [0.2, 0.25) is 0 Å². The van der Waals surface area contributed by atoms with Crippen LogP contribution in [-0.2, 0) is 16.0 Å². The third-order valence-electron chi connectivity index (χ3n) is 4.95. The lowest BCUT2D eigenvalue weighted by Gasteiger charge is -2.40. The van der Waals surface area contributed by atoms with E-state index < -0.39 is 5.54 Å². The molecule has 0 bridgehead atoms. The van der Waals surface area contributed by atoms with Gasteiger partial charge in [-0.25, -0.2) is 4.98 Å². The number of amides is 1. The highest BCUT2D eigenvalue weighted by Crippen LogP contribution is 2.27. The smallest absolute Gasteiger partial charge is 0.242 e. The lowest BCUT2D eigenvalue weighted by molar-refractivity contribution is -0.142. The Bertz CT molecular complexity index is 522. The van der Waals surface area contributed by atoms with E-state index in [1.807, 2.05) is 17.3 Å². The number of hydrogen-bond acceptors (Lipinski definition) is 4. The molecule has 1 unspecified atom stereocenters. The van der Waals surface area contributed by atoms with Crippen molar-refractivity contribution in [2.75, 3.05) is 26.3 Å². The SMILES string of the molecule is CCc1nccn1C1CCCN(C(=O)C2(N)CCOCC2)C1. The molecule has 2 aliphatic rings. The van der Waals surface area contributed by atoms with Gasteiger partial charge in [-0.3, -0.25) is 4.79 Å². The van der Waals surface area contributed by atoms with Gasteiger partial charge in [0.05, 0.1) is 11.6 Å². The van der Waals surface area contributed by atoms with E-state index in [0.29, 0.717) is 32.1 Å². The van der Waals surface area contributed by atoms with Crippen LogP contribution in [0.15, 0.2) is 12.4 Å². The molecule has 0 aromatic carbocycles. The number of carbonyl (C=O) groups is 1. The lowest BCUT2D eigenvalue weighted by Crippen LogP contribution is -2.59. The van der Waals surface area contributed by atoms with E-state index in [2.05, 4.69) is 16.5 Å². The number of nitrogens with two attached hydrogens (primary N) is 1. The predicted molar refractivity (Wildman–Crippen MR) is 83.4 cm³/mol. The molecular formula is C16H26N4O2. The Kier molecular flexibility index (Phi) is 4.49. The van der Waals surface area contributed by atoms with Gasteiger partial charge in [-0.15, -0.1) is 0 Å². The number of aromatic nitrogens is 2. The molecule has 122 valence electrons. The third-order valence-corrected chi connectivity index (χ3v) is 4.95. The monoisotopic (exact) mass is 306 g/mol. The van der Waals surface area contributed by atoms with E-state index >= 15 is 0 Å². The maximum atomic E-state index is 12.9. The van der Waals surface area contributed by atoms with Crippen molar-refractivity contribution in [3.8, 4) is 0 Å². The highest BCUT2D eigenvalue weighted by molar-refractivity contribution is 5.86. The van der Waals surface area contributed by atoms with Crippen LogP contribution in [0.25, 0.3) is 0 Å². The van der Waals surface area contributed by atoms with E-state index in [4.69, 9.17) is 10.5 Å². The summed E-state index contributed by atoms with van der Waals surface area (Å²) in [5.41, 5.74) is 5.63. The summed E-state index contributed by atoms with van der Waals surface area (Å²) in [6, 6.07) is 0.318. The van der Waals surface area contributed by atoms with Crippen molar-refractivity contribution in [2.24, 2.45) is 5.73 Å². The molecule has 2 saturated heterocycles. The summed E-state index contributed by atoms with van der Waals surface area (Å²) in [6.07, 6.45) is 8.15. The van der Waals surface area contributed by atoms with E-state index in [-0.39, 0.29) is 5.91 Å². The molecular weight excluding hydrogens is 280 g/mol. The Morgan fingerprint density at radius 1 is 1.50 bits per heavy atom. The predicted octanol–water partition coefficient (Wildman–Crippen LogP) is 1.12. The van der Waals surface area contributed by atoms with E-state index in [0.717, 1.165) is 38.2 Å². The van der Waals surface area contributed by atoms with E-state index in [1.54, 1.807) is 0 Å². The van der Waals surface area contributed by atoms with Crippen LogP contribution in [-0.4, -0.2) is 52.2 Å². The summed E-state index contributed by atoms with van der Waals surface area (Å²) in [5.74, 6) is 1.19. The second-order valence-corrected chi connectivity index (χ2v) is 6.42. The maximum Gasteiger partial charge on any atom is 0.242 e. The molecule has 0 saturated carbocycles. The van der Waals surface area contributed by atoms with Crippen LogP contribution in [0.3, 0.4) is 0 Å². The van der Waals surface area contributed by atoms with Gasteiger partial charge in [0.1, 0.15) is 5.82 Å². The Balaban J connectivity index is 1.71. The van der Waals surface area contributed by atoms with Gasteiger partial charge < -0.3 is 19.9 Å². The fourth-order valence-corrected chi connectivity index (χ4v) is 3.58. The van der Waals surface area contributed by atoms with Gasteiger partial charge in [0.25, 0.3) is 0 Å². The Morgan fingerprint density at radius 3 is 3.00 bits per heavy atom. The largest absolute Gasteiger partial charge is 0.381 e. The number of piperidine rings is 1. The molecule has 1 aromatic rings. The molecule has 2 N–H and O–H groups in total. The number of imidazole rings is 1. The fraction of sp³-hybridized carbons (Fsp3) is 0.750. The minimum atomic E-state index is -0.733. The molecule has 2 fully saturated rings. The lowest BCUT2D eigenvalue weighted by atomic mass is 9.88. The van der Waals surface area contributed by atoms with Crippen molar-refractivity contribution in [3.63, 3.8) is 0 Å². The van der Waals surface area contributed by atoms with Crippen molar-refractivity contribution in [1.82, 2.24) is 14.5 Å². The second-order valence-electron chi connectivity index (χ2n) is 6.42. The topological polar surface area (TPSA) is 73.4 Å². The number of hydrogen-bond donors (Lipinski definition) is 1. The van der Waals surface area contributed by atoms with Crippen LogP contribution < -0.4 is 5.73 Å². The Labute approximate surface area is 131 Å². The number of ether oxygens (including phenoxy) is 1. The van der Waals surface area contributed by atoms with Gasteiger partial charge in [-0.05, 0) is 25.7 Å². The quantitative estimate of drug-likeness (QED) is 0.908. The summed E-state index contributed by atoms with van der Waals surface area (Å²) < 4.78 is 7.58. The van der Waals surface area contributed by atoms with Crippen LogP contribution >= 0.6 is 0 Å². The molecule has 1 amide bonds. The molecule has 2 aliphatic heterocycles. The molecule has 1 aromatic heterocycles. The van der Waals surface area contributed by atoms with Crippen LogP contribution in [0.5, 0.6) is 0 Å². The molecule has 22 heavy (non-hydrogen) atoms. The first-order valence-corrected chi connectivity index (χ1v) is 8.32. The zero-order chi connectivity index (χ0) is 15.6. The molecule has 6 nitrogen and oxygen atoms in total. The summed E-state index contributed by atoms with van der Waals surface area (Å²) in [4.78, 5) is 19.2. The van der Waals surface area contributed by atoms with Crippen molar-refractivity contribution >= 4 is 5.91 Å². The fourth-order valence-electron chi connectivity index (χ4n) is 3.58. The highest BCUT2D eigenvalue weighted by atomic mass is 16.5. The number of nitrogens with zero attached hydrogens (tertiary/aromatic N) is 3. The first-order valence-electron chi connectivity index (χ1n) is 8.32. The minimum absolute atomic E-state index is 0.0960. The summed E-state index contributed by atoms with van der Waals surface area (Å²) in [5, 5.41) is 0. The molecule has 0 aliphatic carbocycles. The van der Waals surface area contributed by atoms with Crippen molar-refractivity contribution in [3.05, 3.63) is 18.2 Å². The first-order chi connectivity index (χ1) is 10.6. The molecule has 6 heteroatoms. The van der Waals surface area contributed by atoms with Crippen LogP contribution in [0.1, 0.15) is 44.5 Å². The highest BCUT2D eigenvalue weighted by Gasteiger charge is 2.40. The third kappa shape index (κ3) is 2.90. The first kappa shape index (κ1) is 15.5. The van der Waals surface area contributed by atoms with Gasteiger partial charge >= 0.3 is 0 Å². The Hall–Kier alpha value is -1.40. The average molecular weight is 306 g/mol. The van der Waals surface area contributed by atoms with E-state index in [1.165, 1.54) is 0 Å². The number of aryl methyl sites for hydroxylation is 1.